The van der Waals surface area contributed by atoms with E-state index in [1.165, 1.54) is 6.20 Å². The molecule has 3 N–H and O–H groups in total. The second kappa shape index (κ2) is 6.00. The number of anilines is 1. The van der Waals surface area contributed by atoms with E-state index in [9.17, 15) is 8.42 Å². The minimum absolute atomic E-state index is 0.0964. The van der Waals surface area contributed by atoms with Gasteiger partial charge in [0.1, 0.15) is 0 Å². The Kier molecular flexibility index (Phi) is 4.56. The number of aromatic nitrogens is 1. The number of nitrogens with zero attached hydrogens (tertiary/aromatic N) is 2. The third kappa shape index (κ3) is 4.00. The van der Waals surface area contributed by atoms with Crippen molar-refractivity contribution in [3.8, 4) is 0 Å². The molecular formula is C11H18N4O2S2. The number of piperidine rings is 1. The predicted molar refractivity (Wildman–Crippen MR) is 76.8 cm³/mol. The summed E-state index contributed by atoms with van der Waals surface area (Å²) in [5.41, 5.74) is 0. The van der Waals surface area contributed by atoms with E-state index in [0.29, 0.717) is 11.2 Å². The number of hydrogen-bond donors (Lipinski definition) is 2. The lowest BCUT2D eigenvalue weighted by molar-refractivity contribution is 0.240. The largest absolute Gasteiger partial charge is 0.359 e. The van der Waals surface area contributed by atoms with Crippen LogP contribution in [0.2, 0.25) is 0 Å². The molecule has 0 unspecified atom stereocenters. The maximum atomic E-state index is 11.2. The SMILES string of the molecule is C=CCN1CCC(Nc2ncc(S(N)(=O)=O)s2)CC1. The first-order valence-corrected chi connectivity index (χ1v) is 8.44. The molecule has 1 aromatic rings. The monoisotopic (exact) mass is 302 g/mol. The number of nitrogens with two attached hydrogens (primary N) is 1. The van der Waals surface area contributed by atoms with Gasteiger partial charge in [0.15, 0.2) is 9.34 Å². The van der Waals surface area contributed by atoms with Gasteiger partial charge in [0.2, 0.25) is 10.0 Å². The van der Waals surface area contributed by atoms with Gasteiger partial charge in [0.25, 0.3) is 0 Å². The summed E-state index contributed by atoms with van der Waals surface area (Å²) in [7, 11) is -3.64. The fourth-order valence-electron chi connectivity index (χ4n) is 2.07. The number of nitrogens with one attached hydrogen (secondary N) is 1. The molecule has 8 heteroatoms. The van der Waals surface area contributed by atoms with Gasteiger partial charge < -0.3 is 5.32 Å². The second-order valence-electron chi connectivity index (χ2n) is 4.54. The summed E-state index contributed by atoms with van der Waals surface area (Å²) in [6.45, 7) is 6.67. The van der Waals surface area contributed by atoms with Crippen molar-refractivity contribution in [2.45, 2.75) is 23.1 Å². The van der Waals surface area contributed by atoms with Crippen LogP contribution in [0, 0.1) is 0 Å². The lowest BCUT2D eigenvalue weighted by Gasteiger charge is -2.31. The maximum Gasteiger partial charge on any atom is 0.249 e. The maximum absolute atomic E-state index is 11.2. The molecule has 0 aromatic carbocycles. The van der Waals surface area contributed by atoms with Gasteiger partial charge in [-0.2, -0.15) is 0 Å². The summed E-state index contributed by atoms with van der Waals surface area (Å²) in [6.07, 6.45) is 5.23. The average molecular weight is 302 g/mol. The molecule has 2 heterocycles. The third-order valence-electron chi connectivity index (χ3n) is 3.07. The Morgan fingerprint density at radius 2 is 2.26 bits per heavy atom. The molecular weight excluding hydrogens is 284 g/mol. The molecule has 0 bridgehead atoms. The Morgan fingerprint density at radius 1 is 1.58 bits per heavy atom. The van der Waals surface area contributed by atoms with Crippen LogP contribution in [0.5, 0.6) is 0 Å². The number of likely N-dealkylation sites (tertiary alicyclic amines) is 1. The quantitative estimate of drug-likeness (QED) is 0.787. The van der Waals surface area contributed by atoms with Crippen LogP contribution in [0.15, 0.2) is 23.1 Å². The smallest absolute Gasteiger partial charge is 0.249 e. The van der Waals surface area contributed by atoms with E-state index in [2.05, 4.69) is 21.8 Å². The Balaban J connectivity index is 1.89. The summed E-state index contributed by atoms with van der Waals surface area (Å²) in [6, 6.07) is 0.334. The molecule has 0 aliphatic carbocycles. The van der Waals surface area contributed by atoms with Crippen LogP contribution in [-0.2, 0) is 10.0 Å². The van der Waals surface area contributed by atoms with Crippen LogP contribution in [0.3, 0.4) is 0 Å². The number of hydrogen-bond acceptors (Lipinski definition) is 6. The fourth-order valence-corrected chi connectivity index (χ4v) is 3.60. The second-order valence-corrected chi connectivity index (χ2v) is 7.36. The first-order valence-electron chi connectivity index (χ1n) is 6.07. The summed E-state index contributed by atoms with van der Waals surface area (Å²) in [4.78, 5) is 6.39. The van der Waals surface area contributed by atoms with Gasteiger partial charge in [-0.15, -0.1) is 6.58 Å². The predicted octanol–water partition coefficient (Wildman–Crippen LogP) is 0.853. The lowest BCUT2D eigenvalue weighted by Crippen LogP contribution is -2.39. The van der Waals surface area contributed by atoms with Gasteiger partial charge in [0.05, 0.1) is 6.20 Å². The zero-order chi connectivity index (χ0) is 13.9. The number of primary sulfonamides is 1. The van der Waals surface area contributed by atoms with E-state index in [1.807, 2.05) is 6.08 Å². The van der Waals surface area contributed by atoms with Crippen LogP contribution >= 0.6 is 11.3 Å². The van der Waals surface area contributed by atoms with E-state index < -0.39 is 10.0 Å². The van der Waals surface area contributed by atoms with Gasteiger partial charge in [-0.3, -0.25) is 4.90 Å². The van der Waals surface area contributed by atoms with Crippen molar-refractivity contribution >= 4 is 26.5 Å². The van der Waals surface area contributed by atoms with Crippen LogP contribution < -0.4 is 10.5 Å². The van der Waals surface area contributed by atoms with Crippen molar-refractivity contribution in [1.82, 2.24) is 9.88 Å². The van der Waals surface area contributed by atoms with Gasteiger partial charge in [0, 0.05) is 25.7 Å². The lowest BCUT2D eigenvalue weighted by atomic mass is 10.1. The van der Waals surface area contributed by atoms with Crippen molar-refractivity contribution in [2.24, 2.45) is 5.14 Å². The Morgan fingerprint density at radius 3 is 2.79 bits per heavy atom. The minimum Gasteiger partial charge on any atom is -0.359 e. The third-order valence-corrected chi connectivity index (χ3v) is 5.40. The molecule has 1 fully saturated rings. The summed E-state index contributed by atoms with van der Waals surface area (Å²) in [5.74, 6) is 0. The molecule has 106 valence electrons. The molecule has 1 aliphatic rings. The van der Waals surface area contributed by atoms with Crippen molar-refractivity contribution in [2.75, 3.05) is 25.0 Å². The highest BCUT2D eigenvalue weighted by Gasteiger charge is 2.20. The van der Waals surface area contributed by atoms with Crippen LogP contribution in [0.1, 0.15) is 12.8 Å². The Bertz CT molecular complexity index is 533. The molecule has 2 rings (SSSR count). The topological polar surface area (TPSA) is 88.3 Å². The summed E-state index contributed by atoms with van der Waals surface area (Å²) >= 11 is 1.08. The number of rotatable bonds is 5. The van der Waals surface area contributed by atoms with E-state index in [4.69, 9.17) is 5.14 Å². The summed E-state index contributed by atoms with van der Waals surface area (Å²) < 4.78 is 22.4. The molecule has 0 amide bonds. The molecule has 0 saturated carbocycles. The van der Waals surface area contributed by atoms with Crippen LogP contribution in [0.25, 0.3) is 0 Å². The zero-order valence-corrected chi connectivity index (χ0v) is 12.2. The van der Waals surface area contributed by atoms with Gasteiger partial charge in [-0.05, 0) is 12.8 Å². The van der Waals surface area contributed by atoms with Crippen molar-refractivity contribution in [1.29, 1.82) is 0 Å². The fraction of sp³-hybridized carbons (Fsp3) is 0.545. The highest BCUT2D eigenvalue weighted by Crippen LogP contribution is 2.24. The van der Waals surface area contributed by atoms with E-state index in [-0.39, 0.29) is 4.21 Å². The normalized spacial score (nSPS) is 18.4. The number of sulfonamides is 1. The van der Waals surface area contributed by atoms with E-state index >= 15 is 0 Å². The first-order chi connectivity index (χ1) is 8.99. The van der Waals surface area contributed by atoms with Gasteiger partial charge in [-0.1, -0.05) is 17.4 Å². The highest BCUT2D eigenvalue weighted by atomic mass is 32.2. The molecule has 1 saturated heterocycles. The minimum atomic E-state index is -3.64. The Hall–Kier alpha value is -0.960. The van der Waals surface area contributed by atoms with Crippen LogP contribution in [-0.4, -0.2) is 44.0 Å². The average Bonchev–Trinajstić information content (AvgIpc) is 2.80. The van der Waals surface area contributed by atoms with Crippen molar-refractivity contribution < 1.29 is 8.42 Å². The molecule has 0 atom stereocenters. The molecule has 0 radical (unpaired) electrons. The number of thiazole rings is 1. The summed E-state index contributed by atoms with van der Waals surface area (Å²) in [5, 5.41) is 8.94. The van der Waals surface area contributed by atoms with E-state index in [0.717, 1.165) is 43.8 Å². The Labute approximate surface area is 117 Å². The molecule has 6 nitrogen and oxygen atoms in total. The molecule has 19 heavy (non-hydrogen) atoms. The first kappa shape index (κ1) is 14.4. The van der Waals surface area contributed by atoms with Crippen LogP contribution in [0.4, 0.5) is 5.13 Å². The van der Waals surface area contributed by atoms with Gasteiger partial charge in [-0.25, -0.2) is 18.5 Å². The molecule has 0 spiro atoms. The van der Waals surface area contributed by atoms with Crippen molar-refractivity contribution in [3.05, 3.63) is 18.9 Å². The zero-order valence-electron chi connectivity index (χ0n) is 10.6. The van der Waals surface area contributed by atoms with Gasteiger partial charge >= 0.3 is 0 Å². The highest BCUT2D eigenvalue weighted by molar-refractivity contribution is 7.91. The standard InChI is InChI=1S/C11H18N4O2S2/c1-2-5-15-6-3-9(4-7-15)14-11-13-8-10(18-11)19(12,16)17/h2,8-9H,1,3-7H2,(H,13,14)(H2,12,16,17). The molecule has 1 aliphatic heterocycles. The molecule has 1 aromatic heterocycles. The van der Waals surface area contributed by atoms with E-state index in [1.54, 1.807) is 0 Å². The van der Waals surface area contributed by atoms with Crippen molar-refractivity contribution in [3.63, 3.8) is 0 Å².